The van der Waals surface area contributed by atoms with Crippen LogP contribution in [0.2, 0.25) is 0 Å². The molecule has 3 unspecified atom stereocenters. The van der Waals surface area contributed by atoms with Gasteiger partial charge in [-0.2, -0.15) is 0 Å². The summed E-state index contributed by atoms with van der Waals surface area (Å²) in [6.07, 6.45) is 11.1. The highest BCUT2D eigenvalue weighted by Crippen LogP contribution is 2.32. The second-order valence-corrected chi connectivity index (χ2v) is 6.39. The van der Waals surface area contributed by atoms with E-state index in [1.165, 1.54) is 0 Å². The molecule has 3 atom stereocenters. The van der Waals surface area contributed by atoms with Crippen molar-refractivity contribution < 1.29 is 4.21 Å². The van der Waals surface area contributed by atoms with Crippen LogP contribution >= 0.6 is 0 Å². The van der Waals surface area contributed by atoms with Crippen molar-refractivity contribution in [3.63, 3.8) is 0 Å². The Morgan fingerprint density at radius 1 is 1.37 bits per heavy atom. The molecule has 4 nitrogen and oxygen atoms in total. The quantitative estimate of drug-likeness (QED) is 0.756. The summed E-state index contributed by atoms with van der Waals surface area (Å²) in [6.45, 7) is 1.80. The van der Waals surface area contributed by atoms with E-state index in [-0.39, 0.29) is 0 Å². The minimum atomic E-state index is -0.866. The summed E-state index contributed by atoms with van der Waals surface area (Å²) in [4.78, 5) is 6.71. The maximum Gasteiger partial charge on any atom is 0.128 e. The lowest BCUT2D eigenvalue weighted by Gasteiger charge is -2.39. The van der Waals surface area contributed by atoms with Crippen molar-refractivity contribution in [2.75, 3.05) is 24.2 Å². The molecule has 1 aromatic rings. The zero-order valence-electron chi connectivity index (χ0n) is 11.0. The van der Waals surface area contributed by atoms with Gasteiger partial charge in [-0.25, -0.2) is 13.5 Å². The van der Waals surface area contributed by atoms with Crippen molar-refractivity contribution in [2.24, 2.45) is 0 Å². The maximum absolute atomic E-state index is 11.8. The molecule has 0 N–H and O–H groups in total. The lowest BCUT2D eigenvalue weighted by molar-refractivity contribution is 0.302. The van der Waals surface area contributed by atoms with E-state index in [1.807, 2.05) is 12.1 Å². The van der Waals surface area contributed by atoms with Crippen LogP contribution in [0.1, 0.15) is 18.4 Å². The number of hydrogen-bond donors (Lipinski definition) is 0. The second kappa shape index (κ2) is 4.95. The van der Waals surface area contributed by atoms with Gasteiger partial charge in [-0.3, -0.25) is 0 Å². The van der Waals surface area contributed by atoms with Crippen molar-refractivity contribution in [2.45, 2.75) is 24.9 Å². The fourth-order valence-electron chi connectivity index (χ4n) is 3.13. The summed E-state index contributed by atoms with van der Waals surface area (Å²) in [6, 6.07) is 4.68. The van der Waals surface area contributed by atoms with Gasteiger partial charge >= 0.3 is 0 Å². The van der Waals surface area contributed by atoms with Crippen molar-refractivity contribution in [3.05, 3.63) is 23.9 Å². The second-order valence-electron chi connectivity index (χ2n) is 5.12. The number of fused-ring (bicyclic) bond motifs is 2. The normalized spacial score (nSPS) is 28.1. The van der Waals surface area contributed by atoms with Gasteiger partial charge in [-0.1, -0.05) is 5.92 Å². The lowest BCUT2D eigenvalue weighted by Crippen LogP contribution is -2.54. The van der Waals surface area contributed by atoms with E-state index in [0.29, 0.717) is 12.1 Å². The van der Waals surface area contributed by atoms with Crippen LogP contribution in [0.25, 0.3) is 0 Å². The number of hydrogen-bond acceptors (Lipinski definition) is 3. The van der Waals surface area contributed by atoms with E-state index in [2.05, 4.69) is 20.1 Å². The molecule has 0 aromatic carbocycles. The van der Waals surface area contributed by atoms with Gasteiger partial charge < -0.3 is 4.90 Å². The molecule has 3 heterocycles. The minimum Gasteiger partial charge on any atom is -0.353 e. The average Bonchev–Trinajstić information content (AvgIpc) is 2.70. The summed E-state index contributed by atoms with van der Waals surface area (Å²) in [5.41, 5.74) is 0.806. The smallest absolute Gasteiger partial charge is 0.128 e. The third-order valence-corrected chi connectivity index (χ3v) is 5.14. The van der Waals surface area contributed by atoms with Crippen LogP contribution in [-0.4, -0.2) is 44.9 Å². The van der Waals surface area contributed by atoms with Crippen LogP contribution in [0, 0.1) is 12.3 Å². The molecular formula is C14H17N3OS. The number of pyridine rings is 1. The Bertz CT molecular complexity index is 523. The Balaban J connectivity index is 1.79. The number of rotatable bonds is 2. The molecule has 0 aliphatic carbocycles. The van der Waals surface area contributed by atoms with E-state index in [4.69, 9.17) is 6.42 Å². The Morgan fingerprint density at radius 3 is 2.53 bits per heavy atom. The molecule has 2 aliphatic rings. The summed E-state index contributed by atoms with van der Waals surface area (Å²) >= 11 is 0. The van der Waals surface area contributed by atoms with E-state index in [0.717, 1.165) is 37.3 Å². The molecule has 3 rings (SSSR count). The first-order valence-electron chi connectivity index (χ1n) is 6.48. The Morgan fingerprint density at radius 2 is 2.05 bits per heavy atom. The zero-order chi connectivity index (χ0) is 13.4. The Kier molecular flexibility index (Phi) is 3.29. The van der Waals surface area contributed by atoms with Crippen LogP contribution in [0.5, 0.6) is 0 Å². The molecule has 1 aromatic heterocycles. The van der Waals surface area contributed by atoms with E-state index < -0.39 is 11.0 Å². The SMILES string of the molecule is C#Cc1ccc(N2CC3CCC(C2)N3S(C)=O)nc1. The first-order valence-corrected chi connectivity index (χ1v) is 8.00. The number of piperazine rings is 1. The number of terminal acetylenes is 1. The van der Waals surface area contributed by atoms with Gasteiger partial charge in [0.25, 0.3) is 0 Å². The topological polar surface area (TPSA) is 36.4 Å². The molecule has 2 fully saturated rings. The highest BCUT2D eigenvalue weighted by Gasteiger charge is 2.42. The highest BCUT2D eigenvalue weighted by molar-refractivity contribution is 7.81. The minimum absolute atomic E-state index is 0.388. The van der Waals surface area contributed by atoms with E-state index in [1.54, 1.807) is 12.5 Å². The monoisotopic (exact) mass is 275 g/mol. The zero-order valence-corrected chi connectivity index (χ0v) is 11.8. The van der Waals surface area contributed by atoms with Crippen LogP contribution in [-0.2, 0) is 11.0 Å². The third kappa shape index (κ3) is 2.26. The summed E-state index contributed by atoms with van der Waals surface area (Å²) in [5, 5.41) is 0. The van der Waals surface area contributed by atoms with Crippen molar-refractivity contribution >= 4 is 16.8 Å². The van der Waals surface area contributed by atoms with Crippen LogP contribution < -0.4 is 4.90 Å². The molecule has 0 amide bonds. The van der Waals surface area contributed by atoms with Crippen molar-refractivity contribution in [1.82, 2.24) is 9.29 Å². The molecule has 2 saturated heterocycles. The van der Waals surface area contributed by atoms with Crippen LogP contribution in [0.15, 0.2) is 18.3 Å². The maximum atomic E-state index is 11.8. The van der Waals surface area contributed by atoms with Crippen LogP contribution in [0.4, 0.5) is 5.82 Å². The molecule has 0 spiro atoms. The van der Waals surface area contributed by atoms with Gasteiger partial charge in [0.1, 0.15) is 5.82 Å². The molecule has 2 bridgehead atoms. The van der Waals surface area contributed by atoms with Gasteiger partial charge in [-0.15, -0.1) is 6.42 Å². The largest absolute Gasteiger partial charge is 0.353 e. The first-order chi connectivity index (χ1) is 9.19. The molecule has 0 saturated carbocycles. The standard InChI is InChI=1S/C14H17N3OS/c1-3-11-4-7-14(15-8-11)16-9-12-5-6-13(10-16)17(12)19(2)18/h1,4,7-8,12-13H,5-6,9-10H2,2H3. The Labute approximate surface area is 116 Å². The molecule has 5 heteroatoms. The summed E-state index contributed by atoms with van der Waals surface area (Å²) in [7, 11) is -0.866. The number of nitrogens with zero attached hydrogens (tertiary/aromatic N) is 3. The van der Waals surface area contributed by atoms with Gasteiger partial charge in [0.15, 0.2) is 0 Å². The van der Waals surface area contributed by atoms with Gasteiger partial charge in [0.2, 0.25) is 0 Å². The third-order valence-electron chi connectivity index (χ3n) is 3.95. The summed E-state index contributed by atoms with van der Waals surface area (Å²) < 4.78 is 13.9. The van der Waals surface area contributed by atoms with Gasteiger partial charge in [-0.05, 0) is 25.0 Å². The molecule has 0 radical (unpaired) electrons. The molecular weight excluding hydrogens is 258 g/mol. The molecule has 2 aliphatic heterocycles. The predicted molar refractivity (Wildman–Crippen MR) is 77.1 cm³/mol. The first kappa shape index (κ1) is 12.6. The average molecular weight is 275 g/mol. The number of aromatic nitrogens is 1. The Hall–Kier alpha value is -1.38. The molecule has 19 heavy (non-hydrogen) atoms. The van der Waals surface area contributed by atoms with Crippen molar-refractivity contribution in [3.8, 4) is 12.3 Å². The summed E-state index contributed by atoms with van der Waals surface area (Å²) in [5.74, 6) is 3.55. The van der Waals surface area contributed by atoms with Crippen LogP contribution in [0.3, 0.4) is 0 Å². The van der Waals surface area contributed by atoms with Gasteiger partial charge in [0.05, 0.1) is 11.0 Å². The highest BCUT2D eigenvalue weighted by atomic mass is 32.2. The number of anilines is 1. The molecule has 100 valence electrons. The van der Waals surface area contributed by atoms with Gasteiger partial charge in [0, 0.05) is 43.2 Å². The predicted octanol–water partition coefficient (Wildman–Crippen LogP) is 1.01. The van der Waals surface area contributed by atoms with Crippen molar-refractivity contribution in [1.29, 1.82) is 0 Å². The fraction of sp³-hybridized carbons (Fsp3) is 0.500. The van der Waals surface area contributed by atoms with E-state index in [9.17, 15) is 4.21 Å². The lowest BCUT2D eigenvalue weighted by atomic mass is 10.2. The fourth-order valence-corrected chi connectivity index (χ4v) is 4.31. The van der Waals surface area contributed by atoms with E-state index >= 15 is 0 Å².